The van der Waals surface area contributed by atoms with Crippen LogP contribution in [-0.4, -0.2) is 72.0 Å². The Bertz CT molecular complexity index is 1440. The van der Waals surface area contributed by atoms with E-state index in [0.717, 1.165) is 22.2 Å². The van der Waals surface area contributed by atoms with Crippen molar-refractivity contribution in [2.45, 2.75) is 38.5 Å². The maximum absolute atomic E-state index is 13.1. The number of carbonyl (C=O) groups is 4. The molecule has 2 fully saturated rings. The van der Waals surface area contributed by atoms with Gasteiger partial charge in [0.1, 0.15) is 17.9 Å². The average Bonchev–Trinajstić information content (AvgIpc) is 3.30. The minimum atomic E-state index is -1.07. The van der Waals surface area contributed by atoms with Gasteiger partial charge in [-0.05, 0) is 50.2 Å². The zero-order valence-corrected chi connectivity index (χ0v) is 22.3. The Morgan fingerprint density at radius 2 is 1.85 bits per heavy atom. The molecular formula is C29H31N5O6. The van der Waals surface area contributed by atoms with Gasteiger partial charge in [0.25, 0.3) is 11.8 Å². The second-order valence-corrected chi connectivity index (χ2v) is 9.87. The Labute approximate surface area is 231 Å². The summed E-state index contributed by atoms with van der Waals surface area (Å²) in [5.74, 6) is -0.742. The van der Waals surface area contributed by atoms with Crippen LogP contribution in [0.25, 0.3) is 10.9 Å². The van der Waals surface area contributed by atoms with Crippen LogP contribution in [0.15, 0.2) is 54.6 Å². The third-order valence-electron chi connectivity index (χ3n) is 7.03. The Morgan fingerprint density at radius 3 is 2.55 bits per heavy atom. The fraction of sp³-hybridized carbons (Fsp3) is 0.345. The van der Waals surface area contributed by atoms with Crippen molar-refractivity contribution in [2.24, 2.45) is 0 Å². The van der Waals surface area contributed by atoms with E-state index in [2.05, 4.69) is 20.9 Å². The molecule has 11 heteroatoms. The van der Waals surface area contributed by atoms with E-state index >= 15 is 0 Å². The van der Waals surface area contributed by atoms with E-state index in [1.54, 1.807) is 29.2 Å². The zero-order valence-electron chi connectivity index (χ0n) is 22.3. The number of urea groups is 1. The number of para-hydroxylation sites is 1. The number of pyridine rings is 1. The van der Waals surface area contributed by atoms with Gasteiger partial charge in [-0.15, -0.1) is 0 Å². The predicted molar refractivity (Wildman–Crippen MR) is 146 cm³/mol. The summed E-state index contributed by atoms with van der Waals surface area (Å²) in [6.07, 6.45) is -0.423. The molecule has 0 spiro atoms. The Morgan fingerprint density at radius 1 is 1.12 bits per heavy atom. The highest BCUT2D eigenvalue weighted by Gasteiger charge is 2.39. The molecule has 0 saturated carbocycles. The summed E-state index contributed by atoms with van der Waals surface area (Å²) in [4.78, 5) is 56.4. The number of nitrogens with zero attached hydrogens (tertiary/aromatic N) is 2. The maximum Gasteiger partial charge on any atom is 0.322 e. The number of carbonyl (C=O) groups excluding carboxylic acids is 4. The van der Waals surface area contributed by atoms with Crippen molar-refractivity contribution in [2.75, 3.05) is 26.3 Å². The number of morpholine rings is 1. The third-order valence-corrected chi connectivity index (χ3v) is 7.03. The average molecular weight is 546 g/mol. The molecule has 5 amide bonds. The summed E-state index contributed by atoms with van der Waals surface area (Å²) in [7, 11) is 0. The molecule has 1 aromatic heterocycles. The fourth-order valence-electron chi connectivity index (χ4n) is 4.98. The number of aromatic nitrogens is 1. The second-order valence-electron chi connectivity index (χ2n) is 9.87. The van der Waals surface area contributed by atoms with Crippen molar-refractivity contribution in [3.05, 3.63) is 71.4 Å². The monoisotopic (exact) mass is 545 g/mol. The zero-order chi connectivity index (χ0) is 28.2. The van der Waals surface area contributed by atoms with E-state index in [4.69, 9.17) is 9.47 Å². The molecule has 0 aliphatic carbocycles. The highest BCUT2D eigenvalue weighted by molar-refractivity contribution is 6.05. The normalized spacial score (nSPS) is 18.6. The molecule has 2 aliphatic heterocycles. The lowest BCUT2D eigenvalue weighted by Gasteiger charge is -2.30. The van der Waals surface area contributed by atoms with E-state index in [9.17, 15) is 19.2 Å². The first-order valence-corrected chi connectivity index (χ1v) is 13.2. The van der Waals surface area contributed by atoms with Crippen molar-refractivity contribution in [1.29, 1.82) is 0 Å². The largest absolute Gasteiger partial charge is 0.486 e. The van der Waals surface area contributed by atoms with Crippen LogP contribution in [0, 0.1) is 6.92 Å². The molecule has 11 nitrogen and oxygen atoms in total. The van der Waals surface area contributed by atoms with Crippen LogP contribution in [0.3, 0.4) is 0 Å². The van der Waals surface area contributed by atoms with Gasteiger partial charge in [-0.25, -0.2) is 4.79 Å². The van der Waals surface area contributed by atoms with Crippen molar-refractivity contribution in [3.8, 4) is 5.75 Å². The molecule has 40 heavy (non-hydrogen) atoms. The van der Waals surface area contributed by atoms with Gasteiger partial charge in [0.2, 0.25) is 5.91 Å². The van der Waals surface area contributed by atoms with Crippen LogP contribution in [0.2, 0.25) is 0 Å². The molecule has 0 bridgehead atoms. The molecule has 208 valence electrons. The number of imide groups is 1. The number of fused-ring (bicyclic) bond motifs is 1. The molecular weight excluding hydrogens is 514 g/mol. The van der Waals surface area contributed by atoms with E-state index < -0.39 is 29.9 Å². The van der Waals surface area contributed by atoms with Crippen molar-refractivity contribution in [3.63, 3.8) is 0 Å². The highest BCUT2D eigenvalue weighted by atomic mass is 16.5. The number of benzene rings is 2. The molecule has 3 atom stereocenters. The number of hydrogen-bond donors (Lipinski definition) is 3. The topological polar surface area (TPSA) is 139 Å². The summed E-state index contributed by atoms with van der Waals surface area (Å²) in [5.41, 5.74) is 3.12. The number of nitrogens with one attached hydrogen (secondary N) is 3. The number of amides is 5. The third kappa shape index (κ3) is 6.04. The minimum absolute atomic E-state index is 0.151. The fourth-order valence-corrected chi connectivity index (χ4v) is 4.98. The van der Waals surface area contributed by atoms with Crippen molar-refractivity contribution < 1.29 is 28.7 Å². The van der Waals surface area contributed by atoms with Crippen LogP contribution in [-0.2, 0) is 14.3 Å². The van der Waals surface area contributed by atoms with E-state index in [1.165, 1.54) is 0 Å². The van der Waals surface area contributed by atoms with E-state index in [-0.39, 0.29) is 18.4 Å². The van der Waals surface area contributed by atoms with Crippen LogP contribution >= 0.6 is 0 Å². The smallest absolute Gasteiger partial charge is 0.322 e. The first-order valence-electron chi connectivity index (χ1n) is 13.2. The summed E-state index contributed by atoms with van der Waals surface area (Å²) in [6.45, 7) is 5.60. The molecule has 3 N–H and O–H groups in total. The van der Waals surface area contributed by atoms with Gasteiger partial charge >= 0.3 is 6.03 Å². The Kier molecular flexibility index (Phi) is 7.92. The highest BCUT2D eigenvalue weighted by Crippen LogP contribution is 2.28. The van der Waals surface area contributed by atoms with E-state index in [0.29, 0.717) is 37.6 Å². The number of rotatable bonds is 8. The molecule has 3 unspecified atom stereocenters. The second kappa shape index (κ2) is 11.7. The van der Waals surface area contributed by atoms with Crippen molar-refractivity contribution in [1.82, 2.24) is 25.8 Å². The molecule has 5 rings (SSSR count). The summed E-state index contributed by atoms with van der Waals surface area (Å²) < 4.78 is 11.5. The number of ether oxygens (including phenoxy) is 2. The molecule has 3 heterocycles. The maximum atomic E-state index is 13.1. The number of hydrogen-bond acceptors (Lipinski definition) is 7. The quantitative estimate of drug-likeness (QED) is 0.369. The molecule has 0 radical (unpaired) electrons. The van der Waals surface area contributed by atoms with Gasteiger partial charge in [-0.3, -0.25) is 24.7 Å². The van der Waals surface area contributed by atoms with E-state index in [1.807, 2.05) is 44.2 Å². The van der Waals surface area contributed by atoms with Gasteiger partial charge in [0.05, 0.1) is 24.8 Å². The van der Waals surface area contributed by atoms with Gasteiger partial charge in [-0.2, -0.15) is 0 Å². The molecule has 2 aliphatic rings. The first kappa shape index (κ1) is 27.1. The SMILES string of the molecule is Cc1cc(C(C)Oc2ccc(C(=O)NC(CC(=O)N3CCOCC3)C3NC(=O)NC3=O)cc2)c2ccccc2n1. The van der Waals surface area contributed by atoms with Gasteiger partial charge in [-0.1, -0.05) is 18.2 Å². The number of aryl methyl sites for hydroxylation is 1. The molecule has 3 aromatic rings. The molecule has 2 saturated heterocycles. The summed E-state index contributed by atoms with van der Waals surface area (Å²) in [6, 6.07) is 13.8. The van der Waals surface area contributed by atoms with Crippen molar-refractivity contribution >= 4 is 34.7 Å². The van der Waals surface area contributed by atoms with Gasteiger partial charge in [0, 0.05) is 41.7 Å². The Balaban J connectivity index is 1.27. The Hall–Kier alpha value is -4.51. The molecule has 2 aromatic carbocycles. The lowest BCUT2D eigenvalue weighted by Crippen LogP contribution is -2.54. The van der Waals surface area contributed by atoms with Crippen LogP contribution in [0.1, 0.15) is 41.1 Å². The predicted octanol–water partition coefficient (Wildman–Crippen LogP) is 2.24. The van der Waals surface area contributed by atoms with Crippen LogP contribution < -0.4 is 20.7 Å². The minimum Gasteiger partial charge on any atom is -0.486 e. The van der Waals surface area contributed by atoms with Gasteiger partial charge < -0.3 is 25.0 Å². The summed E-state index contributed by atoms with van der Waals surface area (Å²) >= 11 is 0. The van der Waals surface area contributed by atoms with Crippen LogP contribution in [0.5, 0.6) is 5.75 Å². The lowest BCUT2D eigenvalue weighted by molar-refractivity contribution is -0.136. The first-order chi connectivity index (χ1) is 19.3. The lowest BCUT2D eigenvalue weighted by atomic mass is 10.0. The van der Waals surface area contributed by atoms with Gasteiger partial charge in [0.15, 0.2) is 0 Å². The summed E-state index contributed by atoms with van der Waals surface area (Å²) in [5, 5.41) is 8.44. The van der Waals surface area contributed by atoms with Crippen LogP contribution in [0.4, 0.5) is 4.79 Å². The standard InChI is InChI=1S/C29H31N5O6/c1-17-15-22(21-5-3-4-6-23(21)30-17)18(2)40-20-9-7-19(8-10-20)27(36)31-24(26-28(37)33-29(38)32-26)16-25(35)34-11-13-39-14-12-34/h3-10,15,18,24,26H,11-14,16H2,1-2H3,(H,31,36)(H2,32,33,37,38).